The number of aromatic nitrogens is 1. The molecule has 2 aromatic heterocycles. The van der Waals surface area contributed by atoms with Crippen molar-refractivity contribution in [1.82, 2.24) is 25.4 Å². The summed E-state index contributed by atoms with van der Waals surface area (Å²) in [6.07, 6.45) is 2.95. The number of thiophene rings is 1. The van der Waals surface area contributed by atoms with E-state index in [0.29, 0.717) is 41.0 Å². The number of nitrogens with one attached hydrogen (secondary N) is 3. The van der Waals surface area contributed by atoms with Crippen molar-refractivity contribution in [3.05, 3.63) is 50.4 Å². The lowest BCUT2D eigenvalue weighted by atomic mass is 10.0. The van der Waals surface area contributed by atoms with Crippen molar-refractivity contribution in [2.45, 2.75) is 65.6 Å². The Balaban J connectivity index is 1.48. The van der Waals surface area contributed by atoms with Crippen LogP contribution in [0.5, 0.6) is 0 Å². The van der Waals surface area contributed by atoms with Gasteiger partial charge in [0, 0.05) is 44.8 Å². The van der Waals surface area contributed by atoms with Crippen LogP contribution >= 0.6 is 22.9 Å². The van der Waals surface area contributed by atoms with Gasteiger partial charge in [-0.05, 0) is 81.0 Å². The van der Waals surface area contributed by atoms with Gasteiger partial charge < -0.3 is 20.4 Å². The number of hydrogen-bond acceptors (Lipinski definition) is 5. The van der Waals surface area contributed by atoms with Gasteiger partial charge in [-0.3, -0.25) is 10.2 Å². The van der Waals surface area contributed by atoms with Gasteiger partial charge in [-0.15, -0.1) is 0 Å². The molecule has 0 aliphatic carbocycles. The number of piperidine rings is 1. The van der Waals surface area contributed by atoms with Crippen molar-refractivity contribution in [3.63, 3.8) is 0 Å². The molecule has 0 spiro atoms. The molecule has 3 rings (SSSR count). The summed E-state index contributed by atoms with van der Waals surface area (Å²) >= 11 is 7.69. The Morgan fingerprint density at radius 1 is 1.35 bits per heavy atom. The summed E-state index contributed by atoms with van der Waals surface area (Å²) in [5.41, 5.74) is 3.39. The Hall–Kier alpha value is -2.16. The van der Waals surface area contributed by atoms with Gasteiger partial charge in [0.05, 0.1) is 11.3 Å². The normalized spacial score (nSPS) is 15.7. The lowest BCUT2D eigenvalue weighted by Gasteiger charge is -2.41. The molecule has 34 heavy (non-hydrogen) atoms. The largest absolute Gasteiger partial charge is 0.357 e. The third-order valence-electron chi connectivity index (χ3n) is 6.57. The van der Waals surface area contributed by atoms with Gasteiger partial charge in [-0.1, -0.05) is 11.6 Å². The van der Waals surface area contributed by atoms with E-state index in [2.05, 4.69) is 49.2 Å². The standard InChI is InChI=1S/C25H37ClN6OS/c1-5-28-25(27)32(15-20-9-13-34-16-20)21-7-11-31(12-8-21)18(3)6-10-29-24(33)23-17(2)14-22(26)30-19(23)4/h9,13-14,16,18,21H,5-8,10-12,15H2,1-4H3,(H2,27,28)(H,29,33)/t18-/m1/s1. The minimum absolute atomic E-state index is 0.0870. The fourth-order valence-corrected chi connectivity index (χ4v) is 5.62. The Kier molecular flexibility index (Phi) is 9.74. The highest BCUT2D eigenvalue weighted by Crippen LogP contribution is 2.22. The van der Waals surface area contributed by atoms with Crippen LogP contribution in [0, 0.1) is 19.3 Å². The van der Waals surface area contributed by atoms with Crippen LogP contribution in [-0.2, 0) is 6.54 Å². The Morgan fingerprint density at radius 2 is 2.09 bits per heavy atom. The van der Waals surface area contributed by atoms with Gasteiger partial charge in [0.25, 0.3) is 5.91 Å². The van der Waals surface area contributed by atoms with E-state index in [-0.39, 0.29) is 5.91 Å². The number of carbonyl (C=O) groups excluding carboxylic acids is 1. The fraction of sp³-hybridized carbons (Fsp3) is 0.560. The van der Waals surface area contributed by atoms with Gasteiger partial charge in [0.15, 0.2) is 5.96 Å². The van der Waals surface area contributed by atoms with E-state index in [1.54, 1.807) is 17.4 Å². The predicted octanol–water partition coefficient (Wildman–Crippen LogP) is 4.43. The molecule has 0 saturated carbocycles. The van der Waals surface area contributed by atoms with E-state index in [1.165, 1.54) is 5.56 Å². The molecule has 1 atom stereocenters. The minimum atomic E-state index is -0.0870. The molecule has 3 heterocycles. The van der Waals surface area contributed by atoms with E-state index in [1.807, 2.05) is 20.8 Å². The van der Waals surface area contributed by atoms with Gasteiger partial charge in [0.2, 0.25) is 0 Å². The quantitative estimate of drug-likeness (QED) is 0.267. The summed E-state index contributed by atoms with van der Waals surface area (Å²) in [6, 6.07) is 4.61. The number of pyridine rings is 1. The molecule has 3 N–H and O–H groups in total. The van der Waals surface area contributed by atoms with Crippen molar-refractivity contribution in [3.8, 4) is 0 Å². The average molecular weight is 505 g/mol. The van der Waals surface area contributed by atoms with E-state index in [4.69, 9.17) is 17.0 Å². The van der Waals surface area contributed by atoms with Crippen LogP contribution in [0.15, 0.2) is 22.9 Å². The van der Waals surface area contributed by atoms with Crippen LogP contribution in [-0.4, -0.2) is 64.9 Å². The number of carbonyl (C=O) groups is 1. The second kappa shape index (κ2) is 12.5. The van der Waals surface area contributed by atoms with Crippen LogP contribution in [0.2, 0.25) is 5.15 Å². The maximum atomic E-state index is 12.7. The van der Waals surface area contributed by atoms with E-state index >= 15 is 0 Å². The minimum Gasteiger partial charge on any atom is -0.357 e. The van der Waals surface area contributed by atoms with Crippen molar-refractivity contribution < 1.29 is 4.79 Å². The highest BCUT2D eigenvalue weighted by Gasteiger charge is 2.28. The third kappa shape index (κ3) is 6.93. The summed E-state index contributed by atoms with van der Waals surface area (Å²) in [7, 11) is 0. The van der Waals surface area contributed by atoms with Gasteiger partial charge in [0.1, 0.15) is 5.15 Å². The number of nitrogens with zero attached hydrogens (tertiary/aromatic N) is 3. The first kappa shape index (κ1) is 26.4. The molecule has 0 aromatic carbocycles. The Morgan fingerprint density at radius 3 is 2.71 bits per heavy atom. The van der Waals surface area contributed by atoms with Crippen molar-refractivity contribution in [2.75, 3.05) is 26.2 Å². The van der Waals surface area contributed by atoms with E-state index in [9.17, 15) is 4.79 Å². The average Bonchev–Trinajstić information content (AvgIpc) is 3.30. The van der Waals surface area contributed by atoms with E-state index in [0.717, 1.165) is 51.0 Å². The van der Waals surface area contributed by atoms with Crippen LogP contribution < -0.4 is 10.6 Å². The number of amides is 1. The summed E-state index contributed by atoms with van der Waals surface area (Å²) in [4.78, 5) is 21.6. The number of hydrogen-bond donors (Lipinski definition) is 3. The van der Waals surface area contributed by atoms with Crippen molar-refractivity contribution >= 4 is 34.8 Å². The second-order valence-corrected chi connectivity index (χ2v) is 10.2. The summed E-state index contributed by atoms with van der Waals surface area (Å²) in [6.45, 7) is 12.1. The molecule has 9 heteroatoms. The smallest absolute Gasteiger partial charge is 0.253 e. The first-order valence-electron chi connectivity index (χ1n) is 12.1. The highest BCUT2D eigenvalue weighted by molar-refractivity contribution is 7.07. The molecule has 1 fully saturated rings. The fourth-order valence-electron chi connectivity index (χ4n) is 4.67. The zero-order valence-corrected chi connectivity index (χ0v) is 22.2. The van der Waals surface area contributed by atoms with Crippen LogP contribution in [0.1, 0.15) is 60.3 Å². The summed E-state index contributed by atoms with van der Waals surface area (Å²) in [5, 5.41) is 19.5. The lowest BCUT2D eigenvalue weighted by Crippen LogP contribution is -2.52. The molecule has 2 aromatic rings. The van der Waals surface area contributed by atoms with Crippen molar-refractivity contribution in [1.29, 1.82) is 5.41 Å². The molecule has 1 aliphatic heterocycles. The maximum Gasteiger partial charge on any atom is 0.253 e. The van der Waals surface area contributed by atoms with Crippen LogP contribution in [0.3, 0.4) is 0 Å². The molecule has 0 bridgehead atoms. The SMILES string of the molecule is CCNC(=N)N(Cc1ccsc1)C1CCN([C@H](C)CCNC(=O)c2c(C)cc(Cl)nc2C)CC1. The van der Waals surface area contributed by atoms with Gasteiger partial charge >= 0.3 is 0 Å². The summed E-state index contributed by atoms with van der Waals surface area (Å²) in [5.74, 6) is 0.432. The summed E-state index contributed by atoms with van der Waals surface area (Å²) < 4.78 is 0. The Bertz CT molecular complexity index is 935. The van der Waals surface area contributed by atoms with Crippen LogP contribution in [0.4, 0.5) is 0 Å². The highest BCUT2D eigenvalue weighted by atomic mass is 35.5. The number of halogens is 1. The van der Waals surface area contributed by atoms with E-state index < -0.39 is 0 Å². The van der Waals surface area contributed by atoms with Crippen LogP contribution in [0.25, 0.3) is 0 Å². The topological polar surface area (TPSA) is 84.4 Å². The zero-order chi connectivity index (χ0) is 24.7. The lowest BCUT2D eigenvalue weighted by molar-refractivity contribution is 0.0933. The molecule has 1 aliphatic rings. The molecule has 7 nitrogen and oxygen atoms in total. The molecular formula is C25H37ClN6OS. The molecule has 0 radical (unpaired) electrons. The molecule has 1 amide bonds. The van der Waals surface area contributed by atoms with Crippen molar-refractivity contribution in [2.24, 2.45) is 0 Å². The maximum absolute atomic E-state index is 12.7. The molecule has 0 unspecified atom stereocenters. The monoisotopic (exact) mass is 504 g/mol. The number of guanidine groups is 1. The number of likely N-dealkylation sites (tertiary alicyclic amines) is 1. The first-order chi connectivity index (χ1) is 16.3. The zero-order valence-electron chi connectivity index (χ0n) is 20.7. The molecular weight excluding hydrogens is 468 g/mol. The number of aryl methyl sites for hydroxylation is 2. The third-order valence-corrected chi connectivity index (χ3v) is 7.49. The Labute approximate surface area is 212 Å². The van der Waals surface area contributed by atoms with Gasteiger partial charge in [-0.25, -0.2) is 4.98 Å². The second-order valence-electron chi connectivity index (χ2n) is 9.02. The molecule has 186 valence electrons. The predicted molar refractivity (Wildman–Crippen MR) is 141 cm³/mol. The van der Waals surface area contributed by atoms with Gasteiger partial charge in [-0.2, -0.15) is 11.3 Å². The molecule has 1 saturated heterocycles. The first-order valence-corrected chi connectivity index (χ1v) is 13.4. The number of rotatable bonds is 9.